The van der Waals surface area contributed by atoms with Gasteiger partial charge >= 0.3 is 0 Å². The van der Waals surface area contributed by atoms with Crippen molar-refractivity contribution < 1.29 is 4.79 Å². The molecule has 1 aromatic heterocycles. The molecule has 0 radical (unpaired) electrons. The third kappa shape index (κ3) is 2.48. The molecule has 3 aromatic rings. The number of benzene rings is 2. The van der Waals surface area contributed by atoms with Crippen molar-refractivity contribution in [3.05, 3.63) is 60.2 Å². The quantitative estimate of drug-likeness (QED) is 0.806. The molecule has 0 spiro atoms. The molecule has 5 heteroatoms. The first-order valence-electron chi connectivity index (χ1n) is 7.92. The summed E-state index contributed by atoms with van der Waals surface area (Å²) in [6, 6.07) is 17.9. The lowest BCUT2D eigenvalue weighted by Crippen LogP contribution is -2.51. The Labute approximate surface area is 134 Å². The molecule has 116 valence electrons. The zero-order chi connectivity index (χ0) is 15.7. The Hall–Kier alpha value is -2.69. The second-order valence-electron chi connectivity index (χ2n) is 6.09. The molecule has 1 aliphatic carbocycles. The maximum absolute atomic E-state index is 12.5. The van der Waals surface area contributed by atoms with Crippen LogP contribution in [0.15, 0.2) is 54.6 Å². The van der Waals surface area contributed by atoms with E-state index >= 15 is 0 Å². The fourth-order valence-corrected chi connectivity index (χ4v) is 3.25. The predicted molar refractivity (Wildman–Crippen MR) is 87.6 cm³/mol. The first-order chi connectivity index (χ1) is 11.3. The number of nitrogens with one attached hydrogen (secondary N) is 1. The third-order valence-electron chi connectivity index (χ3n) is 4.63. The van der Waals surface area contributed by atoms with Gasteiger partial charge in [-0.2, -0.15) is 0 Å². The van der Waals surface area contributed by atoms with Crippen molar-refractivity contribution >= 4 is 16.9 Å². The molecule has 1 fully saturated rings. The second-order valence-corrected chi connectivity index (χ2v) is 6.09. The molecule has 0 aliphatic heterocycles. The van der Waals surface area contributed by atoms with Crippen LogP contribution in [0.5, 0.6) is 0 Å². The summed E-state index contributed by atoms with van der Waals surface area (Å²) in [5.74, 6) is -0.0239. The summed E-state index contributed by atoms with van der Waals surface area (Å²) < 4.78 is 1.65. The van der Waals surface area contributed by atoms with Gasteiger partial charge in [0.2, 0.25) is 5.91 Å². The Morgan fingerprint density at radius 2 is 1.83 bits per heavy atom. The zero-order valence-electron chi connectivity index (χ0n) is 12.8. The highest BCUT2D eigenvalue weighted by Gasteiger charge is 2.39. The van der Waals surface area contributed by atoms with Gasteiger partial charge in [0.25, 0.3) is 0 Å². The Morgan fingerprint density at radius 3 is 2.57 bits per heavy atom. The van der Waals surface area contributed by atoms with Gasteiger partial charge in [0.15, 0.2) is 0 Å². The van der Waals surface area contributed by atoms with Gasteiger partial charge in [-0.1, -0.05) is 47.7 Å². The molecule has 23 heavy (non-hydrogen) atoms. The van der Waals surface area contributed by atoms with Crippen molar-refractivity contribution in [2.75, 3.05) is 0 Å². The topological polar surface area (TPSA) is 59.8 Å². The van der Waals surface area contributed by atoms with E-state index in [1.54, 1.807) is 4.68 Å². The van der Waals surface area contributed by atoms with E-state index in [4.69, 9.17) is 0 Å². The summed E-state index contributed by atoms with van der Waals surface area (Å²) in [6.45, 7) is 0.190. The van der Waals surface area contributed by atoms with Crippen LogP contribution in [0.25, 0.3) is 11.0 Å². The molecule has 0 unspecified atom stereocenters. The number of para-hydroxylation sites is 1. The molecule has 1 amide bonds. The van der Waals surface area contributed by atoms with Gasteiger partial charge in [-0.05, 0) is 37.0 Å². The van der Waals surface area contributed by atoms with Gasteiger partial charge in [0, 0.05) is 0 Å². The van der Waals surface area contributed by atoms with Gasteiger partial charge in [-0.15, -0.1) is 5.10 Å². The summed E-state index contributed by atoms with van der Waals surface area (Å²) in [4.78, 5) is 12.5. The molecular weight excluding hydrogens is 288 g/mol. The first kappa shape index (κ1) is 13.9. The van der Waals surface area contributed by atoms with Crippen LogP contribution in [0.3, 0.4) is 0 Å². The normalized spacial score (nSPS) is 16.0. The van der Waals surface area contributed by atoms with Crippen LogP contribution in [0.4, 0.5) is 0 Å². The van der Waals surface area contributed by atoms with E-state index in [0.717, 1.165) is 30.3 Å². The summed E-state index contributed by atoms with van der Waals surface area (Å²) >= 11 is 0. The third-order valence-corrected chi connectivity index (χ3v) is 4.63. The highest BCUT2D eigenvalue weighted by molar-refractivity contribution is 5.80. The molecule has 0 atom stereocenters. The number of nitrogens with zero attached hydrogens (tertiary/aromatic N) is 3. The minimum Gasteiger partial charge on any atom is -0.345 e. The van der Waals surface area contributed by atoms with Crippen molar-refractivity contribution in [2.24, 2.45) is 0 Å². The summed E-state index contributed by atoms with van der Waals surface area (Å²) in [5.41, 5.74) is 2.66. The van der Waals surface area contributed by atoms with Gasteiger partial charge in [0.1, 0.15) is 12.1 Å². The van der Waals surface area contributed by atoms with Gasteiger partial charge in [0.05, 0.1) is 11.1 Å². The lowest BCUT2D eigenvalue weighted by atomic mass is 9.72. The van der Waals surface area contributed by atoms with Crippen LogP contribution >= 0.6 is 0 Å². The standard InChI is InChI=1S/C18H18N4O/c23-17(13-22-16-10-5-4-9-15(16)20-21-22)19-18(11-6-12-18)14-7-2-1-3-8-14/h1-5,7-10H,6,11-13H2,(H,19,23). The van der Waals surface area contributed by atoms with E-state index in [1.165, 1.54) is 5.56 Å². The number of rotatable bonds is 4. The average molecular weight is 306 g/mol. The number of carbonyl (C=O) groups is 1. The van der Waals surface area contributed by atoms with Crippen LogP contribution in [0, 0.1) is 0 Å². The fourth-order valence-electron chi connectivity index (χ4n) is 3.25. The number of aromatic nitrogens is 3. The number of fused-ring (bicyclic) bond motifs is 1. The summed E-state index contributed by atoms with van der Waals surface area (Å²) in [6.07, 6.45) is 3.11. The minimum absolute atomic E-state index is 0.0239. The van der Waals surface area contributed by atoms with Crippen molar-refractivity contribution in [3.8, 4) is 0 Å². The van der Waals surface area contributed by atoms with Gasteiger partial charge in [-0.3, -0.25) is 4.79 Å². The van der Waals surface area contributed by atoms with E-state index in [2.05, 4.69) is 27.8 Å². The monoisotopic (exact) mass is 306 g/mol. The average Bonchev–Trinajstić information content (AvgIpc) is 2.95. The molecule has 5 nitrogen and oxygen atoms in total. The van der Waals surface area contributed by atoms with E-state index in [1.807, 2.05) is 42.5 Å². The lowest BCUT2D eigenvalue weighted by Gasteiger charge is -2.43. The maximum Gasteiger partial charge on any atom is 0.242 e. The molecule has 1 heterocycles. The number of amides is 1. The van der Waals surface area contributed by atoms with E-state index in [-0.39, 0.29) is 18.0 Å². The van der Waals surface area contributed by atoms with Crippen LogP contribution in [-0.2, 0) is 16.9 Å². The molecule has 2 aromatic carbocycles. The Balaban J connectivity index is 1.53. The highest BCUT2D eigenvalue weighted by Crippen LogP contribution is 2.41. The fraction of sp³-hybridized carbons (Fsp3) is 0.278. The largest absolute Gasteiger partial charge is 0.345 e. The highest BCUT2D eigenvalue weighted by atomic mass is 16.2. The Morgan fingerprint density at radius 1 is 1.09 bits per heavy atom. The zero-order valence-corrected chi connectivity index (χ0v) is 12.8. The first-order valence-corrected chi connectivity index (χ1v) is 7.92. The smallest absolute Gasteiger partial charge is 0.242 e. The van der Waals surface area contributed by atoms with E-state index in [9.17, 15) is 4.79 Å². The van der Waals surface area contributed by atoms with E-state index in [0.29, 0.717) is 0 Å². The number of hydrogen-bond donors (Lipinski definition) is 1. The van der Waals surface area contributed by atoms with Crippen LogP contribution in [0.1, 0.15) is 24.8 Å². The molecule has 1 aliphatic rings. The lowest BCUT2D eigenvalue weighted by molar-refractivity contribution is -0.125. The Bertz CT molecular complexity index is 836. The Kier molecular flexibility index (Phi) is 3.33. The van der Waals surface area contributed by atoms with Crippen molar-refractivity contribution in [2.45, 2.75) is 31.3 Å². The molecule has 0 bridgehead atoms. The molecule has 1 N–H and O–H groups in total. The summed E-state index contributed by atoms with van der Waals surface area (Å²) in [7, 11) is 0. The number of carbonyl (C=O) groups excluding carboxylic acids is 1. The van der Waals surface area contributed by atoms with Crippen LogP contribution in [-0.4, -0.2) is 20.9 Å². The van der Waals surface area contributed by atoms with Crippen LogP contribution in [0.2, 0.25) is 0 Å². The van der Waals surface area contributed by atoms with Gasteiger partial charge < -0.3 is 5.32 Å². The minimum atomic E-state index is -0.214. The molecular formula is C18H18N4O. The molecule has 4 rings (SSSR count). The summed E-state index contributed by atoms with van der Waals surface area (Å²) in [5, 5.41) is 11.4. The second kappa shape index (κ2) is 5.50. The molecule has 1 saturated carbocycles. The van der Waals surface area contributed by atoms with Crippen molar-refractivity contribution in [1.82, 2.24) is 20.3 Å². The van der Waals surface area contributed by atoms with Gasteiger partial charge in [-0.25, -0.2) is 4.68 Å². The van der Waals surface area contributed by atoms with E-state index < -0.39 is 0 Å². The SMILES string of the molecule is O=C(Cn1nnc2ccccc21)NC1(c2ccccc2)CCC1. The molecule has 0 saturated heterocycles. The van der Waals surface area contributed by atoms with Crippen LogP contribution < -0.4 is 5.32 Å². The number of hydrogen-bond acceptors (Lipinski definition) is 3. The van der Waals surface area contributed by atoms with Crippen molar-refractivity contribution in [3.63, 3.8) is 0 Å². The predicted octanol–water partition coefficient (Wildman–Crippen LogP) is 2.63. The van der Waals surface area contributed by atoms with Crippen molar-refractivity contribution in [1.29, 1.82) is 0 Å². The maximum atomic E-state index is 12.5.